The summed E-state index contributed by atoms with van der Waals surface area (Å²) in [6, 6.07) is 0. The molecule has 3 unspecified atom stereocenters. The Hall–Kier alpha value is -1.53. The summed E-state index contributed by atoms with van der Waals surface area (Å²) in [4.78, 5) is 23.1. The summed E-state index contributed by atoms with van der Waals surface area (Å²) in [7, 11) is 0. The zero-order valence-electron chi connectivity index (χ0n) is 10.7. The molecule has 2 rings (SSSR count). The third kappa shape index (κ3) is 9.10. The molecule has 2 aliphatic heterocycles. The molecule has 0 spiro atoms. The van der Waals surface area contributed by atoms with Crippen molar-refractivity contribution < 1.29 is 28.5 Å². The van der Waals surface area contributed by atoms with E-state index in [1.807, 2.05) is 0 Å². The molecule has 0 aromatic heterocycles. The van der Waals surface area contributed by atoms with Crippen molar-refractivity contribution in [2.75, 3.05) is 26.4 Å². The van der Waals surface area contributed by atoms with Gasteiger partial charge in [-0.15, -0.1) is 0 Å². The molecule has 0 aromatic carbocycles. The second kappa shape index (κ2) is 8.55. The fourth-order valence-corrected chi connectivity index (χ4v) is 0.976. The predicted molar refractivity (Wildman–Crippen MR) is 64.2 cm³/mol. The van der Waals surface area contributed by atoms with E-state index in [9.17, 15) is 9.59 Å². The predicted octanol–water partition coefficient (Wildman–Crippen LogP) is 0.198. The van der Waals surface area contributed by atoms with Gasteiger partial charge in [0.15, 0.2) is 0 Å². The fraction of sp³-hybridized carbons (Fsp3) is 0.667. The van der Waals surface area contributed by atoms with Gasteiger partial charge in [-0.1, -0.05) is 6.58 Å². The van der Waals surface area contributed by atoms with Gasteiger partial charge in [0.25, 0.3) is 0 Å². The summed E-state index contributed by atoms with van der Waals surface area (Å²) in [6.07, 6.45) is 2.27. The lowest BCUT2D eigenvalue weighted by molar-refractivity contribution is -0.141. The molecule has 0 bridgehead atoms. The Balaban J connectivity index is 0.000000190. The van der Waals surface area contributed by atoms with Crippen LogP contribution in [-0.4, -0.2) is 56.9 Å². The van der Waals surface area contributed by atoms with E-state index in [1.165, 1.54) is 13.0 Å². The van der Waals surface area contributed by atoms with Crippen LogP contribution in [0.5, 0.6) is 0 Å². The first-order valence-electron chi connectivity index (χ1n) is 5.86. The molecule has 19 heavy (non-hydrogen) atoms. The number of carbonyl (C=O) groups excluding carboxylic acids is 2. The van der Waals surface area contributed by atoms with E-state index < -0.39 is 12.2 Å². The SMILES string of the molecule is C(OCC1CO1)C1CO1.C=CC(=O)OC(C)N=C=O. The number of esters is 1. The smallest absolute Gasteiger partial charge is 0.332 e. The van der Waals surface area contributed by atoms with Gasteiger partial charge in [0.2, 0.25) is 12.3 Å². The highest BCUT2D eigenvalue weighted by Crippen LogP contribution is 2.12. The van der Waals surface area contributed by atoms with Gasteiger partial charge in [-0.2, -0.15) is 4.99 Å². The van der Waals surface area contributed by atoms with Crippen molar-refractivity contribution >= 4 is 12.0 Å². The quantitative estimate of drug-likeness (QED) is 0.216. The first kappa shape index (κ1) is 15.5. The van der Waals surface area contributed by atoms with Crippen molar-refractivity contribution in [3.63, 3.8) is 0 Å². The molecule has 0 N–H and O–H groups in total. The highest BCUT2D eigenvalue weighted by molar-refractivity contribution is 5.81. The molecule has 2 fully saturated rings. The molecule has 7 nitrogen and oxygen atoms in total. The van der Waals surface area contributed by atoms with E-state index >= 15 is 0 Å². The minimum atomic E-state index is -0.775. The summed E-state index contributed by atoms with van der Waals surface area (Å²) in [6.45, 7) is 7.87. The van der Waals surface area contributed by atoms with Gasteiger partial charge in [-0.05, 0) is 6.92 Å². The van der Waals surface area contributed by atoms with Crippen LogP contribution in [0.2, 0.25) is 0 Å². The number of ether oxygens (including phenoxy) is 4. The number of hydrogen-bond donors (Lipinski definition) is 0. The summed E-state index contributed by atoms with van der Waals surface area (Å²) in [5.41, 5.74) is 0. The number of rotatable bonds is 7. The van der Waals surface area contributed by atoms with Crippen molar-refractivity contribution in [3.8, 4) is 0 Å². The van der Waals surface area contributed by atoms with Crippen LogP contribution in [0.4, 0.5) is 0 Å². The third-order valence-electron chi connectivity index (χ3n) is 2.10. The van der Waals surface area contributed by atoms with E-state index in [-0.39, 0.29) is 0 Å². The van der Waals surface area contributed by atoms with Gasteiger partial charge < -0.3 is 18.9 Å². The zero-order valence-corrected chi connectivity index (χ0v) is 10.7. The van der Waals surface area contributed by atoms with Gasteiger partial charge in [0.05, 0.1) is 26.4 Å². The van der Waals surface area contributed by atoms with Crippen molar-refractivity contribution in [2.24, 2.45) is 4.99 Å². The number of epoxide rings is 2. The summed E-state index contributed by atoms with van der Waals surface area (Å²) >= 11 is 0. The lowest BCUT2D eigenvalue weighted by atomic mass is 10.5. The first-order chi connectivity index (χ1) is 9.15. The largest absolute Gasteiger partial charge is 0.436 e. The molecule has 0 saturated carbocycles. The third-order valence-corrected chi connectivity index (χ3v) is 2.10. The normalized spacial score (nSPS) is 24.1. The molecule has 2 heterocycles. The molecule has 0 amide bonds. The lowest BCUT2D eigenvalue weighted by Gasteiger charge is -2.01. The number of nitrogens with zero attached hydrogens (tertiary/aromatic N) is 1. The Morgan fingerprint density at radius 2 is 2.00 bits per heavy atom. The Morgan fingerprint density at radius 3 is 2.37 bits per heavy atom. The average Bonchev–Trinajstić information content (AvgIpc) is 3.24. The monoisotopic (exact) mass is 271 g/mol. The van der Waals surface area contributed by atoms with Crippen LogP contribution in [0, 0.1) is 0 Å². The fourth-order valence-electron chi connectivity index (χ4n) is 0.976. The molecule has 7 heteroatoms. The molecular formula is C12H17NO6. The Kier molecular flexibility index (Phi) is 6.99. The highest BCUT2D eigenvalue weighted by atomic mass is 16.6. The number of aliphatic imine (C=N–C) groups is 1. The van der Waals surface area contributed by atoms with Gasteiger partial charge in [0, 0.05) is 6.08 Å². The van der Waals surface area contributed by atoms with Gasteiger partial charge >= 0.3 is 5.97 Å². The van der Waals surface area contributed by atoms with Gasteiger partial charge in [-0.25, -0.2) is 9.59 Å². The Morgan fingerprint density at radius 1 is 1.47 bits per heavy atom. The molecule has 0 aromatic rings. The minimum absolute atomic E-state index is 0.392. The Labute approximate surface area is 111 Å². The lowest BCUT2D eigenvalue weighted by Crippen LogP contribution is -2.09. The summed E-state index contributed by atoms with van der Waals surface area (Å²) in [5, 5.41) is 0. The topological polar surface area (TPSA) is 90.0 Å². The van der Waals surface area contributed by atoms with E-state index in [4.69, 9.17) is 14.2 Å². The molecular weight excluding hydrogens is 254 g/mol. The molecule has 2 saturated heterocycles. The van der Waals surface area contributed by atoms with Crippen molar-refractivity contribution in [1.82, 2.24) is 0 Å². The maximum Gasteiger partial charge on any atom is 0.332 e. The van der Waals surface area contributed by atoms with Crippen LogP contribution in [0.3, 0.4) is 0 Å². The number of carbonyl (C=O) groups is 1. The molecule has 3 atom stereocenters. The molecule has 106 valence electrons. The average molecular weight is 271 g/mol. The van der Waals surface area contributed by atoms with Crippen molar-refractivity contribution in [2.45, 2.75) is 25.4 Å². The number of hydrogen-bond acceptors (Lipinski definition) is 7. The van der Waals surface area contributed by atoms with Crippen LogP contribution in [0.1, 0.15) is 6.92 Å². The van der Waals surface area contributed by atoms with Crippen LogP contribution in [-0.2, 0) is 28.5 Å². The summed E-state index contributed by atoms with van der Waals surface area (Å²) < 4.78 is 19.6. The maximum atomic E-state index is 10.4. The van der Waals surface area contributed by atoms with E-state index in [0.29, 0.717) is 12.2 Å². The highest BCUT2D eigenvalue weighted by Gasteiger charge is 2.26. The minimum Gasteiger partial charge on any atom is -0.436 e. The second-order valence-electron chi connectivity index (χ2n) is 3.91. The van der Waals surface area contributed by atoms with Crippen LogP contribution in [0.25, 0.3) is 0 Å². The molecule has 0 radical (unpaired) electrons. The Bertz CT molecular complexity index is 332. The van der Waals surface area contributed by atoms with Gasteiger partial charge in [-0.3, -0.25) is 0 Å². The standard InChI is InChI=1S/C6H7NO3.C6H10O3/c1-3-6(9)10-5(2)7-4-8;1(5-3-8-5)7-2-6-4-9-6/h3,5H,1H2,2H3;5-6H,1-4H2. The molecule has 0 aliphatic carbocycles. The first-order valence-corrected chi connectivity index (χ1v) is 5.86. The maximum absolute atomic E-state index is 10.4. The van der Waals surface area contributed by atoms with E-state index in [0.717, 1.165) is 32.5 Å². The van der Waals surface area contributed by atoms with Crippen molar-refractivity contribution in [3.05, 3.63) is 12.7 Å². The van der Waals surface area contributed by atoms with E-state index in [2.05, 4.69) is 16.3 Å². The van der Waals surface area contributed by atoms with E-state index in [1.54, 1.807) is 0 Å². The zero-order chi connectivity index (χ0) is 14.1. The van der Waals surface area contributed by atoms with Gasteiger partial charge in [0.1, 0.15) is 12.2 Å². The van der Waals surface area contributed by atoms with Crippen LogP contribution < -0.4 is 0 Å². The summed E-state index contributed by atoms with van der Waals surface area (Å²) in [5.74, 6) is -0.605. The second-order valence-corrected chi connectivity index (χ2v) is 3.91. The van der Waals surface area contributed by atoms with Crippen LogP contribution >= 0.6 is 0 Å². The van der Waals surface area contributed by atoms with Crippen LogP contribution in [0.15, 0.2) is 17.6 Å². The number of isocyanates is 1. The molecule has 2 aliphatic rings. The van der Waals surface area contributed by atoms with Crippen molar-refractivity contribution in [1.29, 1.82) is 0 Å².